The van der Waals surface area contributed by atoms with Crippen molar-refractivity contribution in [3.05, 3.63) is 35.3 Å². The molecule has 0 unspecified atom stereocenters. The van der Waals surface area contributed by atoms with E-state index in [1.54, 1.807) is 6.08 Å². The summed E-state index contributed by atoms with van der Waals surface area (Å²) in [7, 11) is 0. The Hall–Kier alpha value is -2.54. The smallest absolute Gasteiger partial charge is 0.331 e. The van der Waals surface area contributed by atoms with Crippen molar-refractivity contribution in [1.29, 1.82) is 0 Å². The van der Waals surface area contributed by atoms with E-state index in [0.717, 1.165) is 15.1 Å². The van der Waals surface area contributed by atoms with Crippen LogP contribution < -0.4 is 0 Å². The normalized spacial score (nSPS) is 14.8. The largest absolute Gasteiger partial charge is 0.452 e. The summed E-state index contributed by atoms with van der Waals surface area (Å²) in [6.45, 7) is -0.0223. The highest BCUT2D eigenvalue weighted by Crippen LogP contribution is 2.22. The van der Waals surface area contributed by atoms with Gasteiger partial charge in [-0.2, -0.15) is 0 Å². The summed E-state index contributed by atoms with van der Waals surface area (Å²) in [4.78, 5) is 40.3. The molecule has 1 fully saturated rings. The Morgan fingerprint density at radius 1 is 1.35 bits per heavy atom. The zero-order valence-corrected chi connectivity index (χ0v) is 13.0. The molecule has 0 spiro atoms. The second kappa shape index (κ2) is 6.70. The second-order valence-electron chi connectivity index (χ2n) is 5.00. The Balaban J connectivity index is 1.54. The number of hydrogen-bond donors (Lipinski definition) is 0. The molecule has 23 heavy (non-hydrogen) atoms. The first-order valence-corrected chi connectivity index (χ1v) is 7.99. The third-order valence-corrected chi connectivity index (χ3v) is 4.39. The average Bonchev–Trinajstić information content (AvgIpc) is 3.16. The summed E-state index contributed by atoms with van der Waals surface area (Å²) in [5.41, 5.74) is 0.869. The van der Waals surface area contributed by atoms with E-state index >= 15 is 0 Å². The van der Waals surface area contributed by atoms with Crippen molar-refractivity contribution in [1.82, 2.24) is 9.88 Å². The molecule has 1 saturated heterocycles. The SMILES string of the molecule is O=C(/C=C/c1nc2ccccc2s1)OCC(=O)N1CCCC1=O. The third kappa shape index (κ3) is 3.62. The molecule has 0 radical (unpaired) electrons. The highest BCUT2D eigenvalue weighted by atomic mass is 32.1. The summed E-state index contributed by atoms with van der Waals surface area (Å²) in [5.74, 6) is -1.32. The Bertz CT molecular complexity index is 763. The van der Waals surface area contributed by atoms with E-state index in [1.165, 1.54) is 17.4 Å². The van der Waals surface area contributed by atoms with Crippen LogP contribution in [0.2, 0.25) is 0 Å². The number of amides is 2. The molecule has 2 amide bonds. The highest BCUT2D eigenvalue weighted by molar-refractivity contribution is 7.19. The maximum absolute atomic E-state index is 11.7. The van der Waals surface area contributed by atoms with Gasteiger partial charge >= 0.3 is 5.97 Å². The van der Waals surface area contributed by atoms with Crippen molar-refractivity contribution in [3.8, 4) is 0 Å². The molecule has 1 aliphatic rings. The zero-order chi connectivity index (χ0) is 16.2. The summed E-state index contributed by atoms with van der Waals surface area (Å²) in [6.07, 6.45) is 3.82. The Morgan fingerprint density at radius 3 is 2.91 bits per heavy atom. The van der Waals surface area contributed by atoms with E-state index in [-0.39, 0.29) is 5.91 Å². The van der Waals surface area contributed by atoms with Gasteiger partial charge in [0, 0.05) is 19.0 Å². The van der Waals surface area contributed by atoms with Crippen LogP contribution in [0.3, 0.4) is 0 Å². The number of esters is 1. The van der Waals surface area contributed by atoms with Gasteiger partial charge in [0.2, 0.25) is 5.91 Å². The number of imide groups is 1. The number of rotatable bonds is 4. The maximum Gasteiger partial charge on any atom is 0.331 e. The van der Waals surface area contributed by atoms with Gasteiger partial charge in [-0.3, -0.25) is 14.5 Å². The predicted octanol–water partition coefficient (Wildman–Crippen LogP) is 2.00. The van der Waals surface area contributed by atoms with E-state index in [1.807, 2.05) is 24.3 Å². The van der Waals surface area contributed by atoms with Gasteiger partial charge in [0.1, 0.15) is 5.01 Å². The first-order chi connectivity index (χ1) is 11.1. The topological polar surface area (TPSA) is 76.6 Å². The zero-order valence-electron chi connectivity index (χ0n) is 12.2. The van der Waals surface area contributed by atoms with Crippen molar-refractivity contribution in [2.45, 2.75) is 12.8 Å². The minimum Gasteiger partial charge on any atom is -0.452 e. The number of fused-ring (bicyclic) bond motifs is 1. The molecular weight excluding hydrogens is 316 g/mol. The fourth-order valence-corrected chi connectivity index (χ4v) is 3.14. The molecular formula is C16H14N2O4S. The number of thiazole rings is 1. The number of carbonyl (C=O) groups is 3. The van der Waals surface area contributed by atoms with Crippen LogP contribution in [0.15, 0.2) is 30.3 Å². The molecule has 1 aromatic carbocycles. The van der Waals surface area contributed by atoms with Crippen LogP contribution in [0, 0.1) is 0 Å². The Kier molecular flexibility index (Phi) is 4.47. The summed E-state index contributed by atoms with van der Waals surface area (Å²) < 4.78 is 5.90. The molecule has 0 bridgehead atoms. The minimum atomic E-state index is -0.635. The number of ether oxygens (including phenoxy) is 1. The Morgan fingerprint density at radius 2 is 2.17 bits per heavy atom. The summed E-state index contributed by atoms with van der Waals surface area (Å²) >= 11 is 1.46. The van der Waals surface area contributed by atoms with Crippen LogP contribution in [0.5, 0.6) is 0 Å². The van der Waals surface area contributed by atoms with Gasteiger partial charge in [-0.1, -0.05) is 12.1 Å². The number of hydrogen-bond acceptors (Lipinski definition) is 6. The van der Waals surface area contributed by atoms with Crippen LogP contribution in [-0.2, 0) is 19.1 Å². The molecule has 0 saturated carbocycles. The van der Waals surface area contributed by atoms with Gasteiger partial charge in [0.25, 0.3) is 5.91 Å². The van der Waals surface area contributed by atoms with Crippen molar-refractivity contribution in [2.24, 2.45) is 0 Å². The number of nitrogens with zero attached hydrogens (tertiary/aromatic N) is 2. The first kappa shape index (κ1) is 15.4. The highest BCUT2D eigenvalue weighted by Gasteiger charge is 2.26. The van der Waals surface area contributed by atoms with E-state index in [0.29, 0.717) is 24.4 Å². The van der Waals surface area contributed by atoms with Gasteiger partial charge in [0.05, 0.1) is 10.2 Å². The van der Waals surface area contributed by atoms with Gasteiger partial charge < -0.3 is 4.74 Å². The minimum absolute atomic E-state index is 0.212. The molecule has 7 heteroatoms. The number of likely N-dealkylation sites (tertiary alicyclic amines) is 1. The molecule has 1 aliphatic heterocycles. The maximum atomic E-state index is 11.7. The molecule has 2 heterocycles. The standard InChI is InChI=1S/C16H14N2O4S/c19-14-6-3-9-18(14)15(20)10-22-16(21)8-7-13-17-11-4-1-2-5-12(11)23-13/h1-2,4-5,7-8H,3,6,9-10H2/b8-7+. The number of carbonyl (C=O) groups excluding carboxylic acids is 3. The number of aromatic nitrogens is 1. The van der Waals surface area contributed by atoms with Crippen LogP contribution >= 0.6 is 11.3 Å². The van der Waals surface area contributed by atoms with E-state index < -0.39 is 18.5 Å². The molecule has 118 valence electrons. The van der Waals surface area contributed by atoms with E-state index in [2.05, 4.69) is 4.98 Å². The van der Waals surface area contributed by atoms with Crippen LogP contribution in [0.1, 0.15) is 17.8 Å². The predicted molar refractivity (Wildman–Crippen MR) is 85.6 cm³/mol. The van der Waals surface area contributed by atoms with Gasteiger partial charge in [0.15, 0.2) is 6.61 Å². The van der Waals surface area contributed by atoms with Gasteiger partial charge in [-0.15, -0.1) is 11.3 Å². The van der Waals surface area contributed by atoms with Gasteiger partial charge in [-0.05, 0) is 24.6 Å². The molecule has 0 N–H and O–H groups in total. The lowest BCUT2D eigenvalue weighted by Crippen LogP contribution is -2.35. The van der Waals surface area contributed by atoms with Crippen LogP contribution in [-0.4, -0.2) is 40.8 Å². The Labute approximate surface area is 136 Å². The van der Waals surface area contributed by atoms with E-state index in [4.69, 9.17) is 4.74 Å². The van der Waals surface area contributed by atoms with Gasteiger partial charge in [-0.25, -0.2) is 9.78 Å². The fraction of sp³-hybridized carbons (Fsp3) is 0.250. The van der Waals surface area contributed by atoms with Crippen LogP contribution in [0.4, 0.5) is 0 Å². The molecule has 3 rings (SSSR count). The third-order valence-electron chi connectivity index (χ3n) is 3.38. The molecule has 0 atom stereocenters. The average molecular weight is 330 g/mol. The molecule has 1 aromatic heterocycles. The fourth-order valence-electron chi connectivity index (χ4n) is 2.27. The van der Waals surface area contributed by atoms with E-state index in [9.17, 15) is 14.4 Å². The monoisotopic (exact) mass is 330 g/mol. The van der Waals surface area contributed by atoms with Crippen LogP contribution in [0.25, 0.3) is 16.3 Å². The summed E-state index contributed by atoms with van der Waals surface area (Å²) in [5, 5.41) is 0.684. The first-order valence-electron chi connectivity index (χ1n) is 7.17. The molecule has 0 aliphatic carbocycles. The quantitative estimate of drug-likeness (QED) is 0.633. The second-order valence-corrected chi connectivity index (χ2v) is 6.07. The van der Waals surface area contributed by atoms with Crippen molar-refractivity contribution >= 4 is 45.4 Å². The lowest BCUT2D eigenvalue weighted by molar-refractivity contribution is -0.151. The van der Waals surface area contributed by atoms with Crippen molar-refractivity contribution in [2.75, 3.05) is 13.2 Å². The summed E-state index contributed by atoms with van der Waals surface area (Å²) in [6, 6.07) is 7.67. The lowest BCUT2D eigenvalue weighted by Gasteiger charge is -2.12. The lowest BCUT2D eigenvalue weighted by atomic mass is 10.3. The molecule has 6 nitrogen and oxygen atoms in total. The number of para-hydroxylation sites is 1. The van der Waals surface area contributed by atoms with Crippen molar-refractivity contribution < 1.29 is 19.1 Å². The number of benzene rings is 1. The molecule has 2 aromatic rings. The van der Waals surface area contributed by atoms with Crippen molar-refractivity contribution in [3.63, 3.8) is 0 Å².